The van der Waals surface area contributed by atoms with Gasteiger partial charge in [0.15, 0.2) is 5.82 Å². The highest BCUT2D eigenvalue weighted by Crippen LogP contribution is 2.32. The Balaban J connectivity index is 1.50. The Kier molecular flexibility index (Phi) is 5.12. The van der Waals surface area contributed by atoms with Gasteiger partial charge in [-0.3, -0.25) is 4.40 Å². The topological polar surface area (TPSA) is 101 Å². The molecule has 0 amide bonds. The normalized spacial score (nSPS) is 12.2. The number of tetrazole rings is 1. The van der Waals surface area contributed by atoms with Crippen LogP contribution in [0.1, 0.15) is 29.8 Å². The fourth-order valence-corrected chi connectivity index (χ4v) is 3.87. The molecule has 0 saturated heterocycles. The minimum absolute atomic E-state index is 0.536. The predicted molar refractivity (Wildman–Crippen MR) is 120 cm³/mol. The smallest absolute Gasteiger partial charge is 0.232 e. The molecular formula is C24H22N6O2. The third-order valence-corrected chi connectivity index (χ3v) is 5.46. The number of hydrogen-bond donors (Lipinski definition) is 2. The van der Waals surface area contributed by atoms with Crippen LogP contribution in [-0.4, -0.2) is 41.7 Å². The third-order valence-electron chi connectivity index (χ3n) is 5.46. The average Bonchev–Trinajstić information content (AvgIpc) is 3.50. The fourth-order valence-electron chi connectivity index (χ4n) is 3.87. The van der Waals surface area contributed by atoms with Crippen LogP contribution in [0.4, 0.5) is 0 Å². The SMILES string of the molecule is CCOc1cn2c([C@H](O)c3ccc(-c4ccccc4-c4nnn[nH]4)cc3)ccc(C)c2n1. The van der Waals surface area contributed by atoms with Crippen LogP contribution in [0.25, 0.3) is 28.2 Å². The van der Waals surface area contributed by atoms with Crippen molar-refractivity contribution in [2.45, 2.75) is 20.0 Å². The van der Waals surface area contributed by atoms with Crippen LogP contribution in [0.5, 0.6) is 5.88 Å². The number of nitrogens with one attached hydrogen (secondary N) is 1. The van der Waals surface area contributed by atoms with Crippen LogP contribution >= 0.6 is 0 Å². The molecule has 0 aliphatic rings. The van der Waals surface area contributed by atoms with Gasteiger partial charge < -0.3 is 9.84 Å². The summed E-state index contributed by atoms with van der Waals surface area (Å²) in [6.45, 7) is 4.45. The van der Waals surface area contributed by atoms with Gasteiger partial charge in [-0.25, -0.2) is 5.10 Å². The van der Waals surface area contributed by atoms with Gasteiger partial charge in [0.25, 0.3) is 0 Å². The molecule has 5 aromatic rings. The molecule has 2 aromatic carbocycles. The summed E-state index contributed by atoms with van der Waals surface area (Å²) in [5.41, 5.74) is 6.21. The van der Waals surface area contributed by atoms with Crippen LogP contribution in [0, 0.1) is 6.92 Å². The van der Waals surface area contributed by atoms with E-state index in [4.69, 9.17) is 4.74 Å². The molecule has 0 saturated carbocycles. The zero-order valence-electron chi connectivity index (χ0n) is 17.7. The van der Waals surface area contributed by atoms with Crippen LogP contribution in [0.15, 0.2) is 66.9 Å². The lowest BCUT2D eigenvalue weighted by Gasteiger charge is -2.15. The number of benzene rings is 2. The van der Waals surface area contributed by atoms with Crippen molar-refractivity contribution in [3.8, 4) is 28.4 Å². The number of imidazole rings is 1. The largest absolute Gasteiger partial charge is 0.477 e. The van der Waals surface area contributed by atoms with Crippen molar-refractivity contribution in [2.24, 2.45) is 0 Å². The molecule has 8 heteroatoms. The van der Waals surface area contributed by atoms with Crippen molar-refractivity contribution in [3.63, 3.8) is 0 Å². The third kappa shape index (κ3) is 3.50. The first-order valence-corrected chi connectivity index (χ1v) is 10.4. The first-order valence-electron chi connectivity index (χ1n) is 10.4. The van der Waals surface area contributed by atoms with E-state index in [1.54, 1.807) is 0 Å². The molecule has 3 heterocycles. The minimum atomic E-state index is -0.815. The molecule has 0 bridgehead atoms. The van der Waals surface area contributed by atoms with Crippen LogP contribution in [0.3, 0.4) is 0 Å². The minimum Gasteiger partial charge on any atom is -0.477 e. The number of aryl methyl sites for hydroxylation is 1. The summed E-state index contributed by atoms with van der Waals surface area (Å²) in [4.78, 5) is 4.54. The molecule has 160 valence electrons. The van der Waals surface area contributed by atoms with E-state index in [-0.39, 0.29) is 0 Å². The Morgan fingerprint density at radius 3 is 2.53 bits per heavy atom. The Morgan fingerprint density at radius 1 is 1.03 bits per heavy atom. The molecule has 8 nitrogen and oxygen atoms in total. The quantitative estimate of drug-likeness (QED) is 0.426. The highest BCUT2D eigenvalue weighted by molar-refractivity contribution is 5.80. The molecule has 0 radical (unpaired) electrons. The van der Waals surface area contributed by atoms with Crippen LogP contribution in [-0.2, 0) is 0 Å². The van der Waals surface area contributed by atoms with E-state index in [0.717, 1.165) is 39.2 Å². The molecule has 3 aromatic heterocycles. The zero-order chi connectivity index (χ0) is 22.1. The first kappa shape index (κ1) is 19.9. The van der Waals surface area contributed by atoms with Crippen molar-refractivity contribution in [3.05, 3.63) is 83.7 Å². The van der Waals surface area contributed by atoms with Crippen LogP contribution in [0.2, 0.25) is 0 Å². The number of hydrogen-bond acceptors (Lipinski definition) is 6. The van der Waals surface area contributed by atoms with Gasteiger partial charge >= 0.3 is 0 Å². The number of aromatic nitrogens is 6. The van der Waals surface area contributed by atoms with Gasteiger partial charge in [0.2, 0.25) is 5.88 Å². The van der Waals surface area contributed by atoms with E-state index < -0.39 is 6.10 Å². The van der Waals surface area contributed by atoms with E-state index in [2.05, 4.69) is 25.6 Å². The average molecular weight is 426 g/mol. The molecule has 32 heavy (non-hydrogen) atoms. The predicted octanol–water partition coefficient (Wildman–Crippen LogP) is 3.97. The fraction of sp³-hybridized carbons (Fsp3) is 0.167. The summed E-state index contributed by atoms with van der Waals surface area (Å²) in [6, 6.07) is 19.7. The molecule has 0 aliphatic carbocycles. The zero-order valence-corrected chi connectivity index (χ0v) is 17.7. The van der Waals surface area contributed by atoms with Gasteiger partial charge in [0.1, 0.15) is 11.8 Å². The van der Waals surface area contributed by atoms with Gasteiger partial charge in [0, 0.05) is 5.56 Å². The number of ether oxygens (including phenoxy) is 1. The number of rotatable bonds is 6. The van der Waals surface area contributed by atoms with Crippen molar-refractivity contribution in [2.75, 3.05) is 6.61 Å². The summed E-state index contributed by atoms with van der Waals surface area (Å²) in [5.74, 6) is 1.15. The van der Waals surface area contributed by atoms with Crippen molar-refractivity contribution in [1.29, 1.82) is 0 Å². The Morgan fingerprint density at radius 2 is 1.81 bits per heavy atom. The monoisotopic (exact) mass is 426 g/mol. The molecule has 1 atom stereocenters. The summed E-state index contributed by atoms with van der Waals surface area (Å²) in [6.07, 6.45) is 1.00. The molecule has 0 aliphatic heterocycles. The second-order valence-electron chi connectivity index (χ2n) is 7.47. The number of H-pyrrole nitrogens is 1. The van der Waals surface area contributed by atoms with Crippen molar-refractivity contribution in [1.82, 2.24) is 30.0 Å². The van der Waals surface area contributed by atoms with Gasteiger partial charge in [-0.2, -0.15) is 4.98 Å². The summed E-state index contributed by atoms with van der Waals surface area (Å²) in [5, 5.41) is 25.4. The number of aromatic amines is 1. The molecule has 0 unspecified atom stereocenters. The van der Waals surface area contributed by atoms with E-state index in [1.807, 2.05) is 85.1 Å². The molecular weight excluding hydrogens is 404 g/mol. The highest BCUT2D eigenvalue weighted by Gasteiger charge is 2.17. The van der Waals surface area contributed by atoms with Crippen LogP contribution < -0.4 is 4.74 Å². The summed E-state index contributed by atoms with van der Waals surface area (Å²) < 4.78 is 7.46. The van der Waals surface area contributed by atoms with E-state index in [0.29, 0.717) is 18.3 Å². The number of aliphatic hydroxyl groups is 1. The maximum atomic E-state index is 11.2. The summed E-state index contributed by atoms with van der Waals surface area (Å²) >= 11 is 0. The van der Waals surface area contributed by atoms with Gasteiger partial charge in [0.05, 0.1) is 18.5 Å². The molecule has 0 fully saturated rings. The lowest BCUT2D eigenvalue weighted by Crippen LogP contribution is -2.06. The Bertz CT molecular complexity index is 1360. The maximum Gasteiger partial charge on any atom is 0.232 e. The number of nitrogens with zero attached hydrogens (tertiary/aromatic N) is 5. The molecule has 5 rings (SSSR count). The molecule has 2 N–H and O–H groups in total. The second kappa shape index (κ2) is 8.24. The highest BCUT2D eigenvalue weighted by atomic mass is 16.5. The maximum absolute atomic E-state index is 11.2. The van der Waals surface area contributed by atoms with E-state index in [9.17, 15) is 5.11 Å². The number of pyridine rings is 1. The van der Waals surface area contributed by atoms with Crippen molar-refractivity contribution < 1.29 is 9.84 Å². The van der Waals surface area contributed by atoms with Gasteiger partial charge in [-0.1, -0.05) is 54.6 Å². The van der Waals surface area contributed by atoms with E-state index >= 15 is 0 Å². The number of fused-ring (bicyclic) bond motifs is 1. The molecule has 0 spiro atoms. The lowest BCUT2D eigenvalue weighted by molar-refractivity contribution is 0.214. The Labute approximate surface area is 184 Å². The standard InChI is InChI=1S/C24H22N6O2/c1-3-32-21-14-30-20(13-8-15(2)24(30)25-21)22(31)17-11-9-16(10-12-17)18-6-4-5-7-19(18)23-26-28-29-27-23/h4-14,22,31H,3H2,1-2H3,(H,26,27,28,29)/t22-/m1/s1. The second-order valence-corrected chi connectivity index (χ2v) is 7.47. The van der Waals surface area contributed by atoms with Gasteiger partial charge in [-0.05, 0) is 52.6 Å². The number of aliphatic hydroxyl groups excluding tert-OH is 1. The summed E-state index contributed by atoms with van der Waals surface area (Å²) in [7, 11) is 0. The van der Waals surface area contributed by atoms with Crippen molar-refractivity contribution >= 4 is 5.65 Å². The van der Waals surface area contributed by atoms with E-state index in [1.165, 1.54) is 0 Å². The van der Waals surface area contributed by atoms with Gasteiger partial charge in [-0.15, -0.1) is 5.10 Å². The first-order chi connectivity index (χ1) is 15.7. The Hall–Kier alpha value is -4.04. The lowest BCUT2D eigenvalue weighted by atomic mass is 9.96.